The zero-order chi connectivity index (χ0) is 14.4. The molecule has 0 spiro atoms. The molecule has 0 unspecified atom stereocenters. The van der Waals surface area contributed by atoms with Crippen LogP contribution in [0.25, 0.3) is 11.0 Å². The number of nitrogens with two attached hydrogens (primary N) is 1. The van der Waals surface area contributed by atoms with E-state index in [0.29, 0.717) is 5.82 Å². The van der Waals surface area contributed by atoms with E-state index in [0.717, 1.165) is 34.5 Å². The minimum Gasteiger partial charge on any atom is -0.383 e. The molecule has 104 valence electrons. The molecule has 2 N–H and O–H groups in total. The third kappa shape index (κ3) is 1.76. The summed E-state index contributed by atoms with van der Waals surface area (Å²) in [5, 5.41) is 5.34. The molecule has 0 amide bonds. The number of aromatic nitrogens is 5. The van der Waals surface area contributed by atoms with Crippen LogP contribution in [-0.4, -0.2) is 24.3 Å². The van der Waals surface area contributed by atoms with Crippen molar-refractivity contribution in [2.45, 2.75) is 27.3 Å². The molecular weight excluding hydrogens is 252 g/mol. The second kappa shape index (κ2) is 4.33. The molecule has 0 atom stereocenters. The summed E-state index contributed by atoms with van der Waals surface area (Å²) in [6.07, 6.45) is 3.56. The van der Waals surface area contributed by atoms with E-state index in [2.05, 4.69) is 33.5 Å². The molecular formula is C14H18N6. The Morgan fingerprint density at radius 2 is 1.95 bits per heavy atom. The van der Waals surface area contributed by atoms with Gasteiger partial charge in [0.15, 0.2) is 0 Å². The fraction of sp³-hybridized carbons (Fsp3) is 0.357. The molecule has 0 saturated heterocycles. The Kier molecular flexibility index (Phi) is 2.74. The lowest BCUT2D eigenvalue weighted by molar-refractivity contribution is 0.755. The van der Waals surface area contributed by atoms with E-state index in [1.54, 1.807) is 0 Å². The highest BCUT2D eigenvalue weighted by atomic mass is 15.3. The van der Waals surface area contributed by atoms with Gasteiger partial charge >= 0.3 is 0 Å². The highest BCUT2D eigenvalue weighted by Crippen LogP contribution is 2.27. The third-order valence-corrected chi connectivity index (χ3v) is 3.88. The molecule has 0 fully saturated rings. The summed E-state index contributed by atoms with van der Waals surface area (Å²) < 4.78 is 4.01. The first kappa shape index (κ1) is 12.7. The number of hydrogen-bond acceptors (Lipinski definition) is 4. The van der Waals surface area contributed by atoms with Gasteiger partial charge in [0.2, 0.25) is 0 Å². The Balaban J connectivity index is 2.19. The van der Waals surface area contributed by atoms with Gasteiger partial charge in [0.1, 0.15) is 17.8 Å². The summed E-state index contributed by atoms with van der Waals surface area (Å²) in [7, 11) is 1.93. The molecule has 3 rings (SSSR count). The Morgan fingerprint density at radius 1 is 1.20 bits per heavy atom. The molecule has 0 bridgehead atoms. The Bertz CT molecular complexity index is 796. The zero-order valence-electron chi connectivity index (χ0n) is 12.2. The molecule has 3 aromatic heterocycles. The molecule has 3 aromatic rings. The maximum absolute atomic E-state index is 5.99. The van der Waals surface area contributed by atoms with Crippen molar-refractivity contribution in [1.29, 1.82) is 0 Å². The van der Waals surface area contributed by atoms with Crippen LogP contribution in [0.2, 0.25) is 0 Å². The quantitative estimate of drug-likeness (QED) is 0.769. The molecule has 0 aromatic carbocycles. The Hall–Kier alpha value is -2.37. The van der Waals surface area contributed by atoms with Crippen LogP contribution in [0.1, 0.15) is 22.5 Å². The molecule has 20 heavy (non-hydrogen) atoms. The average Bonchev–Trinajstić information content (AvgIpc) is 2.83. The minimum atomic E-state index is 0.539. The third-order valence-electron chi connectivity index (χ3n) is 3.88. The van der Waals surface area contributed by atoms with Crippen LogP contribution in [0.3, 0.4) is 0 Å². The molecule has 6 heteroatoms. The second-order valence-electron chi connectivity index (χ2n) is 5.17. The van der Waals surface area contributed by atoms with Gasteiger partial charge in [-0.2, -0.15) is 5.10 Å². The monoisotopic (exact) mass is 270 g/mol. The SMILES string of the molecule is Cc1nn(C)cc1Cn1c(C)c(C)c2c(N)ncnc21. The van der Waals surface area contributed by atoms with Crippen LogP contribution in [-0.2, 0) is 13.6 Å². The van der Waals surface area contributed by atoms with Gasteiger partial charge in [0, 0.05) is 24.5 Å². The van der Waals surface area contributed by atoms with E-state index in [9.17, 15) is 0 Å². The summed E-state index contributed by atoms with van der Waals surface area (Å²) in [5.41, 5.74) is 11.4. The maximum atomic E-state index is 5.99. The Labute approximate surface area is 117 Å². The summed E-state index contributed by atoms with van der Waals surface area (Å²) in [6.45, 7) is 6.91. The maximum Gasteiger partial charge on any atom is 0.146 e. The van der Waals surface area contributed by atoms with Gasteiger partial charge in [-0.05, 0) is 26.3 Å². The number of aryl methyl sites for hydroxylation is 3. The van der Waals surface area contributed by atoms with Crippen LogP contribution >= 0.6 is 0 Å². The van der Waals surface area contributed by atoms with Crippen molar-refractivity contribution in [3.8, 4) is 0 Å². The average molecular weight is 270 g/mol. The fourth-order valence-corrected chi connectivity index (χ4v) is 2.66. The zero-order valence-corrected chi connectivity index (χ0v) is 12.2. The second-order valence-corrected chi connectivity index (χ2v) is 5.17. The largest absolute Gasteiger partial charge is 0.383 e. The first-order valence-corrected chi connectivity index (χ1v) is 6.54. The number of nitrogen functional groups attached to an aromatic ring is 1. The van der Waals surface area contributed by atoms with Crippen LogP contribution < -0.4 is 5.73 Å². The number of anilines is 1. The summed E-state index contributed by atoms with van der Waals surface area (Å²) in [4.78, 5) is 8.49. The normalized spacial score (nSPS) is 11.4. The number of rotatable bonds is 2. The first-order chi connectivity index (χ1) is 9.49. The van der Waals surface area contributed by atoms with E-state index < -0.39 is 0 Å². The van der Waals surface area contributed by atoms with Gasteiger partial charge in [0.25, 0.3) is 0 Å². The number of fused-ring (bicyclic) bond motifs is 1. The molecule has 0 saturated carbocycles. The van der Waals surface area contributed by atoms with Crippen molar-refractivity contribution < 1.29 is 0 Å². The smallest absolute Gasteiger partial charge is 0.146 e. The van der Waals surface area contributed by atoms with Crippen molar-refractivity contribution in [1.82, 2.24) is 24.3 Å². The molecule has 3 heterocycles. The highest BCUT2D eigenvalue weighted by molar-refractivity contribution is 5.90. The topological polar surface area (TPSA) is 74.5 Å². The van der Waals surface area contributed by atoms with E-state index in [-0.39, 0.29) is 0 Å². The highest BCUT2D eigenvalue weighted by Gasteiger charge is 2.16. The lowest BCUT2D eigenvalue weighted by Crippen LogP contribution is -2.04. The molecule has 0 aliphatic rings. The Morgan fingerprint density at radius 3 is 2.60 bits per heavy atom. The summed E-state index contributed by atoms with van der Waals surface area (Å²) >= 11 is 0. The standard InChI is InChI=1S/C14H18N6/c1-8-10(3)20(6-11-5-19(4)18-9(11)2)14-12(8)13(15)16-7-17-14/h5,7H,6H2,1-4H3,(H2,15,16,17). The first-order valence-electron chi connectivity index (χ1n) is 6.54. The van der Waals surface area contributed by atoms with Crippen LogP contribution in [0.5, 0.6) is 0 Å². The van der Waals surface area contributed by atoms with Crippen molar-refractivity contribution in [3.63, 3.8) is 0 Å². The van der Waals surface area contributed by atoms with Gasteiger partial charge in [-0.3, -0.25) is 4.68 Å². The lowest BCUT2D eigenvalue weighted by Gasteiger charge is -2.06. The number of nitrogens with zero attached hydrogens (tertiary/aromatic N) is 5. The van der Waals surface area contributed by atoms with Crippen LogP contribution in [0.4, 0.5) is 5.82 Å². The van der Waals surface area contributed by atoms with Crippen LogP contribution in [0, 0.1) is 20.8 Å². The van der Waals surface area contributed by atoms with E-state index in [4.69, 9.17) is 5.73 Å². The molecule has 0 aliphatic heterocycles. The summed E-state index contributed by atoms with van der Waals surface area (Å²) in [5.74, 6) is 0.539. The van der Waals surface area contributed by atoms with Gasteiger partial charge in [-0.1, -0.05) is 0 Å². The van der Waals surface area contributed by atoms with E-state index in [1.807, 2.05) is 24.9 Å². The predicted molar refractivity (Wildman–Crippen MR) is 78.5 cm³/mol. The van der Waals surface area contributed by atoms with Crippen molar-refractivity contribution >= 4 is 16.9 Å². The van der Waals surface area contributed by atoms with E-state index in [1.165, 1.54) is 11.9 Å². The van der Waals surface area contributed by atoms with Gasteiger partial charge in [-0.25, -0.2) is 9.97 Å². The van der Waals surface area contributed by atoms with E-state index >= 15 is 0 Å². The predicted octanol–water partition coefficient (Wildman–Crippen LogP) is 1.72. The fourth-order valence-electron chi connectivity index (χ4n) is 2.66. The minimum absolute atomic E-state index is 0.539. The van der Waals surface area contributed by atoms with Gasteiger partial charge < -0.3 is 10.3 Å². The summed E-state index contributed by atoms with van der Waals surface area (Å²) in [6, 6.07) is 0. The molecule has 0 aliphatic carbocycles. The van der Waals surface area contributed by atoms with Crippen molar-refractivity contribution in [3.05, 3.63) is 35.0 Å². The van der Waals surface area contributed by atoms with Crippen LogP contribution in [0.15, 0.2) is 12.5 Å². The van der Waals surface area contributed by atoms with Crippen molar-refractivity contribution in [2.24, 2.45) is 7.05 Å². The van der Waals surface area contributed by atoms with Gasteiger partial charge in [0.05, 0.1) is 17.6 Å². The number of hydrogen-bond donors (Lipinski definition) is 1. The van der Waals surface area contributed by atoms with Gasteiger partial charge in [-0.15, -0.1) is 0 Å². The van der Waals surface area contributed by atoms with Crippen molar-refractivity contribution in [2.75, 3.05) is 5.73 Å². The lowest BCUT2D eigenvalue weighted by atomic mass is 10.2. The molecule has 6 nitrogen and oxygen atoms in total. The molecule has 0 radical (unpaired) electrons.